The number of amides is 1. The minimum Gasteiger partial charge on any atom is -0.475 e. The van der Waals surface area contributed by atoms with E-state index in [1.165, 1.54) is 12.1 Å². The second-order valence-electron chi connectivity index (χ2n) is 8.53. The van der Waals surface area contributed by atoms with Crippen LogP contribution in [0.3, 0.4) is 0 Å². The molecule has 5 N–H and O–H groups in total. The van der Waals surface area contributed by atoms with Crippen molar-refractivity contribution in [1.82, 2.24) is 19.2 Å². The molecule has 0 unspecified atom stereocenters. The van der Waals surface area contributed by atoms with Crippen molar-refractivity contribution >= 4 is 27.7 Å². The van der Waals surface area contributed by atoms with Crippen molar-refractivity contribution in [1.29, 1.82) is 5.41 Å². The number of rotatable bonds is 7. The number of carboxylic acid groups (broad SMARTS) is 1. The van der Waals surface area contributed by atoms with Gasteiger partial charge in [0.2, 0.25) is 15.9 Å². The minimum atomic E-state index is -5.08. The number of amidine groups is 1. The van der Waals surface area contributed by atoms with Crippen LogP contribution in [0.1, 0.15) is 17.5 Å². The average Bonchev–Trinajstić information content (AvgIpc) is 3.44. The van der Waals surface area contributed by atoms with E-state index < -0.39 is 28.2 Å². The Kier molecular flexibility index (Phi) is 8.76. The number of aromatic nitrogens is 2. The van der Waals surface area contributed by atoms with E-state index >= 15 is 0 Å². The molecule has 3 aromatic rings. The number of nitrogens with one attached hydrogen (secondary N) is 2. The van der Waals surface area contributed by atoms with E-state index in [-0.39, 0.29) is 16.6 Å². The van der Waals surface area contributed by atoms with Crippen molar-refractivity contribution in [2.24, 2.45) is 12.8 Å². The van der Waals surface area contributed by atoms with Gasteiger partial charge in [-0.2, -0.15) is 17.9 Å². The Balaban J connectivity index is 0.000000532. The topological polar surface area (TPSA) is 171 Å². The molecule has 11 nitrogen and oxygen atoms in total. The lowest BCUT2D eigenvalue weighted by Crippen LogP contribution is -2.41. The summed E-state index contributed by atoms with van der Waals surface area (Å²) in [4.78, 5) is 27.7. The fourth-order valence-electron chi connectivity index (χ4n) is 3.75. The van der Waals surface area contributed by atoms with Crippen LogP contribution < -0.4 is 10.5 Å². The highest BCUT2D eigenvalue weighted by Gasteiger charge is 2.38. The summed E-state index contributed by atoms with van der Waals surface area (Å²) in [5, 5.41) is 14.7. The number of sulfonamides is 1. The maximum atomic E-state index is 12.8. The summed E-state index contributed by atoms with van der Waals surface area (Å²) in [6.07, 6.45) is -1.21. The molecule has 1 aliphatic rings. The number of hydrogen-bond donors (Lipinski definition) is 4. The van der Waals surface area contributed by atoms with Gasteiger partial charge in [0.05, 0.1) is 4.90 Å². The van der Waals surface area contributed by atoms with Gasteiger partial charge in [-0.05, 0) is 42.3 Å². The lowest BCUT2D eigenvalue weighted by Gasteiger charge is -2.18. The molecule has 208 valence electrons. The first kappa shape index (κ1) is 29.3. The van der Waals surface area contributed by atoms with Crippen molar-refractivity contribution in [2.45, 2.75) is 30.1 Å². The summed E-state index contributed by atoms with van der Waals surface area (Å²) in [5.74, 6) is -2.34. The van der Waals surface area contributed by atoms with E-state index in [2.05, 4.69) is 9.71 Å². The van der Waals surface area contributed by atoms with Crippen molar-refractivity contribution in [3.63, 3.8) is 0 Å². The quantitative estimate of drug-likeness (QED) is 0.250. The van der Waals surface area contributed by atoms with Gasteiger partial charge in [0.15, 0.2) is 0 Å². The smallest absolute Gasteiger partial charge is 0.475 e. The van der Waals surface area contributed by atoms with E-state index in [1.54, 1.807) is 41.4 Å². The number of nitrogen functional groups attached to an aromatic ring is 1. The second kappa shape index (κ2) is 11.7. The average molecular weight is 567 g/mol. The number of carboxylic acids is 1. The van der Waals surface area contributed by atoms with Gasteiger partial charge in [-0.25, -0.2) is 18.2 Å². The fraction of sp³-hybridized carbons (Fsp3) is 0.250. The molecule has 0 aliphatic carbocycles. The maximum Gasteiger partial charge on any atom is 0.490 e. The third-order valence-electron chi connectivity index (χ3n) is 5.69. The van der Waals surface area contributed by atoms with E-state index in [0.29, 0.717) is 25.1 Å². The number of carbonyl (C=O) groups excluding carboxylic acids is 1. The van der Waals surface area contributed by atoms with Gasteiger partial charge >= 0.3 is 12.1 Å². The van der Waals surface area contributed by atoms with Crippen LogP contribution in [0, 0.1) is 5.41 Å². The molecule has 1 fully saturated rings. The Bertz CT molecular complexity index is 1470. The largest absolute Gasteiger partial charge is 0.490 e. The summed E-state index contributed by atoms with van der Waals surface area (Å²) < 4.78 is 61.8. The first-order valence-electron chi connectivity index (χ1n) is 11.3. The van der Waals surface area contributed by atoms with E-state index in [0.717, 1.165) is 17.0 Å². The number of halogens is 3. The molecule has 4 rings (SSSR count). The number of imidazole rings is 1. The van der Waals surface area contributed by atoms with Gasteiger partial charge in [0.1, 0.15) is 17.7 Å². The molecule has 1 aliphatic heterocycles. The van der Waals surface area contributed by atoms with Gasteiger partial charge in [0.25, 0.3) is 0 Å². The van der Waals surface area contributed by atoms with Crippen molar-refractivity contribution in [2.75, 3.05) is 6.54 Å². The molecular weight excluding hydrogens is 541 g/mol. The van der Waals surface area contributed by atoms with Gasteiger partial charge < -0.3 is 20.3 Å². The third-order valence-corrected chi connectivity index (χ3v) is 7.18. The van der Waals surface area contributed by atoms with Crippen LogP contribution in [-0.2, 0) is 33.2 Å². The molecule has 0 saturated carbocycles. The predicted octanol–water partition coefficient (Wildman–Crippen LogP) is 2.08. The van der Waals surface area contributed by atoms with Crippen LogP contribution >= 0.6 is 0 Å². The first-order valence-corrected chi connectivity index (χ1v) is 12.8. The Morgan fingerprint density at radius 3 is 2.41 bits per heavy atom. The molecule has 2 heterocycles. The second-order valence-corrected chi connectivity index (χ2v) is 10.2. The van der Waals surface area contributed by atoms with Gasteiger partial charge in [-0.3, -0.25) is 10.2 Å². The zero-order valence-corrected chi connectivity index (χ0v) is 21.3. The molecule has 39 heavy (non-hydrogen) atoms. The molecule has 0 spiro atoms. The highest BCUT2D eigenvalue weighted by molar-refractivity contribution is 7.89. The standard InChI is InChI=1S/C22H24N6O3S.C2HF3O2/c1-27-12-10-25-21(27)16-5-7-18(8-6-16)32(30,31)26-19-9-11-28(22(19)29)14-15-3-2-4-17(13-15)20(23)24;3-2(4,5)1(6)7/h2-8,10,12-13,19,26H,9,11,14H2,1H3,(H3,23,24);(H,6,7)/t19-;/m0./s1. The SMILES string of the molecule is Cn1ccnc1-c1ccc(S(=O)(=O)N[C@H]2CCN(Cc3cccc(C(=N)N)c3)C2=O)cc1.O=C(O)C(F)(F)F. The monoisotopic (exact) mass is 566 g/mol. The molecule has 1 aromatic heterocycles. The number of likely N-dealkylation sites (tertiary alicyclic amines) is 1. The highest BCUT2D eigenvalue weighted by atomic mass is 32.2. The maximum absolute atomic E-state index is 12.8. The number of alkyl halides is 3. The normalized spacial score (nSPS) is 15.5. The molecule has 1 amide bonds. The summed E-state index contributed by atoms with van der Waals surface area (Å²) in [5.41, 5.74) is 7.75. The summed E-state index contributed by atoms with van der Waals surface area (Å²) in [7, 11) is -1.99. The molecule has 0 bridgehead atoms. The van der Waals surface area contributed by atoms with Crippen molar-refractivity contribution < 1.29 is 36.3 Å². The van der Waals surface area contributed by atoms with E-state index in [9.17, 15) is 26.4 Å². The van der Waals surface area contributed by atoms with Gasteiger partial charge in [-0.1, -0.05) is 18.2 Å². The minimum absolute atomic E-state index is 0.0424. The summed E-state index contributed by atoms with van der Waals surface area (Å²) in [6, 6.07) is 12.7. The molecular formula is C24H25F3N6O5S. The lowest BCUT2D eigenvalue weighted by molar-refractivity contribution is -0.192. The number of nitrogens with two attached hydrogens (primary N) is 1. The zero-order chi connectivity index (χ0) is 29.0. The molecule has 1 saturated heterocycles. The van der Waals surface area contributed by atoms with Gasteiger partial charge in [0, 0.05) is 43.7 Å². The van der Waals surface area contributed by atoms with Crippen LogP contribution in [0.2, 0.25) is 0 Å². The van der Waals surface area contributed by atoms with E-state index in [4.69, 9.17) is 21.0 Å². The van der Waals surface area contributed by atoms with Gasteiger partial charge in [-0.15, -0.1) is 0 Å². The molecule has 1 atom stereocenters. The van der Waals surface area contributed by atoms with Crippen LogP contribution in [0.25, 0.3) is 11.4 Å². The number of aryl methyl sites for hydroxylation is 1. The number of hydrogen-bond acceptors (Lipinski definition) is 6. The summed E-state index contributed by atoms with van der Waals surface area (Å²) >= 11 is 0. The van der Waals surface area contributed by atoms with Crippen LogP contribution in [0.4, 0.5) is 13.2 Å². The molecule has 2 aromatic carbocycles. The molecule has 0 radical (unpaired) electrons. The fourth-order valence-corrected chi connectivity index (χ4v) is 4.97. The predicted molar refractivity (Wildman–Crippen MR) is 134 cm³/mol. The lowest BCUT2D eigenvalue weighted by atomic mass is 10.1. The number of aliphatic carboxylic acids is 1. The zero-order valence-electron chi connectivity index (χ0n) is 20.5. The Hall–Kier alpha value is -4.24. The van der Waals surface area contributed by atoms with E-state index in [1.807, 2.05) is 23.9 Å². The highest BCUT2D eigenvalue weighted by Crippen LogP contribution is 2.22. The first-order chi connectivity index (χ1) is 18.2. The molecule has 15 heteroatoms. The van der Waals surface area contributed by atoms with Crippen molar-refractivity contribution in [3.05, 3.63) is 72.1 Å². The van der Waals surface area contributed by atoms with Crippen LogP contribution in [0.15, 0.2) is 65.8 Å². The third kappa shape index (κ3) is 7.42. The number of nitrogens with zero attached hydrogens (tertiary/aromatic N) is 3. The summed E-state index contributed by atoms with van der Waals surface area (Å²) in [6.45, 7) is 0.769. The Morgan fingerprint density at radius 1 is 1.23 bits per heavy atom. The number of benzene rings is 2. The Labute approximate surface area is 221 Å². The Morgan fingerprint density at radius 2 is 1.87 bits per heavy atom. The van der Waals surface area contributed by atoms with Crippen LogP contribution in [0.5, 0.6) is 0 Å². The number of carbonyl (C=O) groups is 2. The van der Waals surface area contributed by atoms with Crippen molar-refractivity contribution in [3.8, 4) is 11.4 Å². The van der Waals surface area contributed by atoms with Crippen LogP contribution in [-0.4, -0.2) is 64.5 Å².